The molecule has 0 spiro atoms. The predicted molar refractivity (Wildman–Crippen MR) is 114 cm³/mol. The number of fused-ring (bicyclic) bond motifs is 2. The van der Waals surface area contributed by atoms with E-state index in [2.05, 4.69) is 45.5 Å². The normalized spacial score (nSPS) is 18.9. The Morgan fingerprint density at radius 3 is 2.66 bits per heavy atom. The van der Waals surface area contributed by atoms with Crippen molar-refractivity contribution in [1.82, 2.24) is 19.2 Å². The fraction of sp³-hybridized carbons (Fsp3) is 0.391. The number of amides is 1. The summed E-state index contributed by atoms with van der Waals surface area (Å²) in [5, 5.41) is 0. The monoisotopic (exact) mass is 389 g/mol. The standard InChI is InChI=1S/C23H27N5O/c1-18(23(29)28-11-9-19-6-2-3-7-21(19)28)26-14-12-25(13-15-26)16-20-17-27-10-5-4-8-22(27)24-20/h2-8,10,17-18H,9,11-16H2,1H3. The van der Waals surface area contributed by atoms with E-state index in [1.807, 2.05) is 35.4 Å². The van der Waals surface area contributed by atoms with Crippen LogP contribution < -0.4 is 4.90 Å². The summed E-state index contributed by atoms with van der Waals surface area (Å²) >= 11 is 0. The molecule has 1 aromatic carbocycles. The van der Waals surface area contributed by atoms with Crippen LogP contribution in [-0.4, -0.2) is 63.9 Å². The van der Waals surface area contributed by atoms with Gasteiger partial charge >= 0.3 is 0 Å². The molecule has 29 heavy (non-hydrogen) atoms. The highest BCUT2D eigenvalue weighted by Crippen LogP contribution is 2.28. The third-order valence-electron chi connectivity index (χ3n) is 6.26. The van der Waals surface area contributed by atoms with Crippen LogP contribution >= 0.6 is 0 Å². The smallest absolute Gasteiger partial charge is 0.244 e. The number of pyridine rings is 1. The van der Waals surface area contributed by atoms with Crippen molar-refractivity contribution in [2.24, 2.45) is 0 Å². The van der Waals surface area contributed by atoms with Crippen molar-refractivity contribution in [1.29, 1.82) is 0 Å². The van der Waals surface area contributed by atoms with E-state index < -0.39 is 0 Å². The maximum atomic E-state index is 13.1. The summed E-state index contributed by atoms with van der Waals surface area (Å²) in [6.07, 6.45) is 5.10. The van der Waals surface area contributed by atoms with Crippen molar-refractivity contribution in [3.8, 4) is 0 Å². The highest BCUT2D eigenvalue weighted by molar-refractivity contribution is 5.98. The van der Waals surface area contributed by atoms with Crippen molar-refractivity contribution < 1.29 is 4.79 Å². The molecule has 0 aliphatic carbocycles. The molecular formula is C23H27N5O. The molecule has 1 saturated heterocycles. The number of carbonyl (C=O) groups is 1. The van der Waals surface area contributed by atoms with Crippen LogP contribution in [-0.2, 0) is 17.8 Å². The molecule has 4 heterocycles. The third kappa shape index (κ3) is 3.54. The van der Waals surface area contributed by atoms with Gasteiger partial charge in [0.15, 0.2) is 0 Å². The summed E-state index contributed by atoms with van der Waals surface area (Å²) in [6, 6.07) is 14.3. The van der Waals surface area contributed by atoms with Crippen LogP contribution in [0.1, 0.15) is 18.2 Å². The number of imidazole rings is 1. The van der Waals surface area contributed by atoms with Gasteiger partial charge in [-0.15, -0.1) is 0 Å². The third-order valence-corrected chi connectivity index (χ3v) is 6.26. The SMILES string of the molecule is CC(C(=O)N1CCc2ccccc21)N1CCN(Cc2cn3ccccc3n2)CC1. The Kier molecular flexibility index (Phi) is 4.81. The Balaban J connectivity index is 1.18. The Bertz CT molecular complexity index is 988. The van der Waals surface area contributed by atoms with Gasteiger partial charge < -0.3 is 9.30 Å². The second kappa shape index (κ2) is 7.61. The Morgan fingerprint density at radius 2 is 1.83 bits per heavy atom. The minimum Gasteiger partial charge on any atom is -0.310 e. The van der Waals surface area contributed by atoms with Crippen molar-refractivity contribution in [2.45, 2.75) is 25.9 Å². The van der Waals surface area contributed by atoms with Gasteiger partial charge in [0, 0.05) is 57.3 Å². The van der Waals surface area contributed by atoms with Crippen LogP contribution in [0.4, 0.5) is 5.69 Å². The molecule has 2 aromatic heterocycles. The number of anilines is 1. The molecule has 0 bridgehead atoms. The lowest BCUT2D eigenvalue weighted by Crippen LogP contribution is -2.54. The summed E-state index contributed by atoms with van der Waals surface area (Å²) in [5.74, 6) is 0.226. The van der Waals surface area contributed by atoms with E-state index in [1.165, 1.54) is 5.56 Å². The number of para-hydroxylation sites is 1. The summed E-state index contributed by atoms with van der Waals surface area (Å²) in [5.41, 5.74) is 4.47. The van der Waals surface area contributed by atoms with E-state index in [-0.39, 0.29) is 11.9 Å². The van der Waals surface area contributed by atoms with Gasteiger partial charge in [0.05, 0.1) is 11.7 Å². The Morgan fingerprint density at radius 1 is 1.03 bits per heavy atom. The first-order valence-corrected chi connectivity index (χ1v) is 10.5. The second-order valence-corrected chi connectivity index (χ2v) is 8.06. The van der Waals surface area contributed by atoms with Gasteiger partial charge in [-0.2, -0.15) is 0 Å². The van der Waals surface area contributed by atoms with E-state index in [0.29, 0.717) is 0 Å². The van der Waals surface area contributed by atoms with Crippen molar-refractivity contribution in [3.05, 3.63) is 66.1 Å². The number of aromatic nitrogens is 2. The van der Waals surface area contributed by atoms with Gasteiger partial charge in [0.25, 0.3) is 0 Å². The molecule has 2 aliphatic rings. The lowest BCUT2D eigenvalue weighted by atomic mass is 10.1. The summed E-state index contributed by atoms with van der Waals surface area (Å²) < 4.78 is 2.07. The van der Waals surface area contributed by atoms with Crippen LogP contribution in [0.2, 0.25) is 0 Å². The highest BCUT2D eigenvalue weighted by Gasteiger charge is 2.32. The van der Waals surface area contributed by atoms with Gasteiger partial charge in [-0.1, -0.05) is 24.3 Å². The molecule has 1 unspecified atom stereocenters. The maximum absolute atomic E-state index is 13.1. The van der Waals surface area contributed by atoms with Crippen molar-refractivity contribution in [3.63, 3.8) is 0 Å². The summed E-state index contributed by atoms with van der Waals surface area (Å²) in [6.45, 7) is 7.46. The molecule has 3 aromatic rings. The molecule has 1 fully saturated rings. The van der Waals surface area contributed by atoms with Gasteiger partial charge in [0.1, 0.15) is 5.65 Å². The molecule has 1 amide bonds. The highest BCUT2D eigenvalue weighted by atomic mass is 16.2. The molecule has 6 nitrogen and oxygen atoms in total. The number of hydrogen-bond donors (Lipinski definition) is 0. The maximum Gasteiger partial charge on any atom is 0.244 e. The zero-order valence-electron chi connectivity index (χ0n) is 16.9. The van der Waals surface area contributed by atoms with E-state index >= 15 is 0 Å². The Hall–Kier alpha value is -2.70. The van der Waals surface area contributed by atoms with Gasteiger partial charge in [0.2, 0.25) is 5.91 Å². The average molecular weight is 390 g/mol. The summed E-state index contributed by atoms with van der Waals surface area (Å²) in [4.78, 5) is 24.6. The molecular weight excluding hydrogens is 362 g/mol. The zero-order chi connectivity index (χ0) is 19.8. The number of hydrogen-bond acceptors (Lipinski definition) is 4. The van der Waals surface area contributed by atoms with Crippen LogP contribution in [0, 0.1) is 0 Å². The first kappa shape index (κ1) is 18.3. The molecule has 0 saturated carbocycles. The molecule has 0 radical (unpaired) electrons. The minimum atomic E-state index is -0.0847. The predicted octanol–water partition coefficient (Wildman–Crippen LogP) is 2.43. The number of rotatable bonds is 4. The Labute approximate surface area is 171 Å². The molecule has 6 heteroatoms. The average Bonchev–Trinajstić information content (AvgIpc) is 3.37. The van der Waals surface area contributed by atoms with Crippen LogP contribution in [0.5, 0.6) is 0 Å². The minimum absolute atomic E-state index is 0.0847. The van der Waals surface area contributed by atoms with Crippen molar-refractivity contribution >= 4 is 17.2 Å². The number of carbonyl (C=O) groups excluding carboxylic acids is 1. The van der Waals surface area contributed by atoms with Gasteiger partial charge in [-0.05, 0) is 37.1 Å². The number of nitrogens with zero attached hydrogens (tertiary/aromatic N) is 5. The lowest BCUT2D eigenvalue weighted by Gasteiger charge is -2.38. The first-order valence-electron chi connectivity index (χ1n) is 10.5. The van der Waals surface area contributed by atoms with E-state index in [4.69, 9.17) is 4.98 Å². The van der Waals surface area contributed by atoms with E-state index in [1.54, 1.807) is 0 Å². The van der Waals surface area contributed by atoms with Crippen LogP contribution in [0.3, 0.4) is 0 Å². The zero-order valence-corrected chi connectivity index (χ0v) is 16.9. The lowest BCUT2D eigenvalue weighted by molar-refractivity contribution is -0.123. The van der Waals surface area contributed by atoms with Crippen LogP contribution in [0.15, 0.2) is 54.9 Å². The van der Waals surface area contributed by atoms with E-state index in [9.17, 15) is 4.79 Å². The second-order valence-electron chi connectivity index (χ2n) is 8.06. The number of benzene rings is 1. The fourth-order valence-electron chi connectivity index (χ4n) is 4.55. The molecule has 1 atom stereocenters. The van der Waals surface area contributed by atoms with Crippen LogP contribution in [0.25, 0.3) is 5.65 Å². The molecule has 2 aliphatic heterocycles. The van der Waals surface area contributed by atoms with Gasteiger partial charge in [-0.25, -0.2) is 4.98 Å². The van der Waals surface area contributed by atoms with E-state index in [0.717, 1.165) is 62.7 Å². The topological polar surface area (TPSA) is 44.1 Å². The summed E-state index contributed by atoms with van der Waals surface area (Å²) in [7, 11) is 0. The number of piperazine rings is 1. The quantitative estimate of drug-likeness (QED) is 0.688. The van der Waals surface area contributed by atoms with Crippen molar-refractivity contribution in [2.75, 3.05) is 37.6 Å². The van der Waals surface area contributed by atoms with Gasteiger partial charge in [-0.3, -0.25) is 14.6 Å². The molecule has 5 rings (SSSR count). The fourth-order valence-corrected chi connectivity index (χ4v) is 4.55. The molecule has 150 valence electrons. The molecule has 0 N–H and O–H groups in total. The largest absolute Gasteiger partial charge is 0.310 e. The first-order chi connectivity index (χ1) is 14.2.